The van der Waals surface area contributed by atoms with Crippen molar-refractivity contribution >= 4 is 5.97 Å². The Hall–Kier alpha value is -1.01. The number of nitrogens with zero attached hydrogens (tertiary/aromatic N) is 2. The SMILES string of the molecule is CCC1OC(=O)C(C)C(OC2C[C@@](C)(OC)[C@@H](O)C(C)O2)C(C)[C@@H](OC2OC(C)CC(N(C)C)[C@H]2O)[C@@](C)(O)C[C@@H](C)CN(C)[C@H](C)[C@@H](O)[C@]1(C)O. The number of methoxy groups -OCH3 is 1. The van der Waals surface area contributed by atoms with E-state index in [1.165, 1.54) is 14.0 Å². The van der Waals surface area contributed by atoms with E-state index in [4.69, 9.17) is 28.4 Å². The maximum atomic E-state index is 14.2. The molecule has 3 fully saturated rings. The van der Waals surface area contributed by atoms with Crippen LogP contribution in [0.3, 0.4) is 0 Å². The third-order valence-electron chi connectivity index (χ3n) is 12.2. The van der Waals surface area contributed by atoms with Gasteiger partial charge in [-0.3, -0.25) is 4.79 Å². The first kappa shape index (κ1) is 45.4. The number of likely N-dealkylation sites (N-methyl/N-ethyl adjacent to an activating group) is 2. The second-order valence-corrected chi connectivity index (χ2v) is 17.2. The second-order valence-electron chi connectivity index (χ2n) is 17.2. The van der Waals surface area contributed by atoms with Crippen molar-refractivity contribution < 1.29 is 58.7 Å². The zero-order valence-electron chi connectivity index (χ0n) is 34.2. The molecular weight excluding hydrogens is 676 g/mol. The molecule has 14 nitrogen and oxygen atoms in total. The standard InChI is InChI=1S/C38H72N2O12/c1-15-27-38(10,46)31(42)24(6)40(13)19-20(2)17-36(8,45)33(52-35-29(41)26(39(11)12)16-21(3)48-35)22(4)30(23(5)34(44)50-27)51-28-18-37(9,47-14)32(43)25(7)49-28/h20-33,35,41-43,45-46H,15-19H2,1-14H3/t20-,21?,22?,23?,24-,25?,26?,27?,28?,29-,30?,31-,32+,33-,35?,36+,37-,38-/m1/s1. The number of aliphatic hydroxyl groups excluding tert-OH is 3. The van der Waals surface area contributed by atoms with Crippen LogP contribution in [-0.2, 0) is 33.2 Å². The molecule has 0 saturated carbocycles. The number of ether oxygens (including phenoxy) is 6. The van der Waals surface area contributed by atoms with Gasteiger partial charge in [-0.25, -0.2) is 0 Å². The third kappa shape index (κ3) is 10.0. The van der Waals surface area contributed by atoms with Crippen molar-refractivity contribution in [3.63, 3.8) is 0 Å². The van der Waals surface area contributed by atoms with E-state index in [9.17, 15) is 30.3 Å². The summed E-state index contributed by atoms with van der Waals surface area (Å²) in [6.07, 6.45) is -8.19. The fraction of sp³-hybridized carbons (Fsp3) is 0.974. The smallest absolute Gasteiger partial charge is 0.311 e. The summed E-state index contributed by atoms with van der Waals surface area (Å²) in [6, 6.07) is -0.808. The van der Waals surface area contributed by atoms with Crippen LogP contribution in [0.4, 0.5) is 0 Å². The molecule has 306 valence electrons. The fourth-order valence-corrected chi connectivity index (χ4v) is 8.74. The van der Waals surface area contributed by atoms with Crippen LogP contribution >= 0.6 is 0 Å². The predicted octanol–water partition coefficient (Wildman–Crippen LogP) is 1.90. The van der Waals surface area contributed by atoms with Crippen molar-refractivity contribution in [2.75, 3.05) is 34.8 Å². The van der Waals surface area contributed by atoms with Crippen LogP contribution in [0.1, 0.15) is 94.9 Å². The first-order valence-corrected chi connectivity index (χ1v) is 19.1. The second kappa shape index (κ2) is 17.8. The number of carbonyl (C=O) groups excluding carboxylic acids is 1. The summed E-state index contributed by atoms with van der Waals surface area (Å²) in [5, 5.41) is 58.1. The zero-order valence-corrected chi connectivity index (χ0v) is 34.2. The highest BCUT2D eigenvalue weighted by Crippen LogP contribution is 2.40. The lowest BCUT2D eigenvalue weighted by atomic mass is 9.77. The summed E-state index contributed by atoms with van der Waals surface area (Å²) in [5.41, 5.74) is -4.37. The Morgan fingerprint density at radius 2 is 1.56 bits per heavy atom. The topological polar surface area (TPSA) is 180 Å². The minimum absolute atomic E-state index is 0.133. The molecule has 0 aromatic rings. The first-order valence-electron chi connectivity index (χ1n) is 19.1. The third-order valence-corrected chi connectivity index (χ3v) is 12.2. The number of esters is 1. The molecule has 0 spiro atoms. The Bertz CT molecular complexity index is 1140. The van der Waals surface area contributed by atoms with Gasteiger partial charge in [-0.1, -0.05) is 20.8 Å². The number of hydrogen-bond acceptors (Lipinski definition) is 14. The van der Waals surface area contributed by atoms with E-state index < -0.39 is 96.0 Å². The molecule has 3 heterocycles. The van der Waals surface area contributed by atoms with Crippen molar-refractivity contribution in [2.45, 2.75) is 185 Å². The molecule has 52 heavy (non-hydrogen) atoms. The monoisotopic (exact) mass is 749 g/mol. The first-order chi connectivity index (χ1) is 23.9. The van der Waals surface area contributed by atoms with E-state index in [-0.39, 0.29) is 37.3 Å². The van der Waals surface area contributed by atoms with E-state index in [2.05, 4.69) is 0 Å². The normalized spacial score (nSPS) is 49.6. The van der Waals surface area contributed by atoms with E-state index in [1.54, 1.807) is 41.5 Å². The van der Waals surface area contributed by atoms with Crippen LogP contribution < -0.4 is 0 Å². The van der Waals surface area contributed by atoms with Gasteiger partial charge in [0.1, 0.15) is 30.0 Å². The van der Waals surface area contributed by atoms with Gasteiger partial charge in [-0.05, 0) is 94.8 Å². The Kier molecular flexibility index (Phi) is 15.6. The molecule has 0 aliphatic carbocycles. The quantitative estimate of drug-likeness (QED) is 0.238. The van der Waals surface area contributed by atoms with E-state index in [1.807, 2.05) is 51.7 Å². The number of rotatable bonds is 7. The van der Waals surface area contributed by atoms with Gasteiger partial charge in [-0.2, -0.15) is 0 Å². The minimum atomic E-state index is -1.80. The Morgan fingerprint density at radius 1 is 0.942 bits per heavy atom. The predicted molar refractivity (Wildman–Crippen MR) is 194 cm³/mol. The summed E-state index contributed by atoms with van der Waals surface area (Å²) in [5.74, 6) is -2.58. The van der Waals surface area contributed by atoms with E-state index in [0.717, 1.165) is 0 Å². The largest absolute Gasteiger partial charge is 0.459 e. The van der Waals surface area contributed by atoms with Crippen LogP contribution in [0.2, 0.25) is 0 Å². The van der Waals surface area contributed by atoms with Gasteiger partial charge in [0.05, 0.1) is 41.5 Å². The van der Waals surface area contributed by atoms with E-state index >= 15 is 0 Å². The van der Waals surface area contributed by atoms with Crippen LogP contribution in [0.15, 0.2) is 0 Å². The Labute approximate surface area is 312 Å². The van der Waals surface area contributed by atoms with Gasteiger partial charge in [-0.15, -0.1) is 0 Å². The molecule has 18 atom stereocenters. The molecule has 0 aromatic carbocycles. The van der Waals surface area contributed by atoms with Gasteiger partial charge >= 0.3 is 5.97 Å². The highest BCUT2D eigenvalue weighted by molar-refractivity contribution is 5.73. The summed E-state index contributed by atoms with van der Waals surface area (Å²) in [4.78, 5) is 18.0. The highest BCUT2D eigenvalue weighted by atomic mass is 16.7. The van der Waals surface area contributed by atoms with Gasteiger partial charge in [0, 0.05) is 38.1 Å². The molecule has 0 amide bonds. The summed E-state index contributed by atoms with van der Waals surface area (Å²) in [6.45, 7) is 18.0. The maximum absolute atomic E-state index is 14.2. The Balaban J connectivity index is 2.17. The van der Waals surface area contributed by atoms with Gasteiger partial charge < -0.3 is 63.8 Å². The lowest BCUT2D eigenvalue weighted by molar-refractivity contribution is -0.318. The van der Waals surface area contributed by atoms with Crippen molar-refractivity contribution in [3.8, 4) is 0 Å². The van der Waals surface area contributed by atoms with Crippen LogP contribution in [-0.4, -0.2) is 166 Å². The van der Waals surface area contributed by atoms with Gasteiger partial charge in [0.15, 0.2) is 12.6 Å². The number of cyclic esters (lactones) is 1. The molecule has 3 rings (SSSR count). The molecule has 14 heteroatoms. The number of hydrogen-bond donors (Lipinski definition) is 5. The van der Waals surface area contributed by atoms with Crippen molar-refractivity contribution in [3.05, 3.63) is 0 Å². The zero-order chi connectivity index (χ0) is 39.7. The number of carbonyl (C=O) groups is 1. The molecule has 3 saturated heterocycles. The number of aliphatic hydroxyl groups is 5. The molecule has 3 aliphatic rings. The van der Waals surface area contributed by atoms with Gasteiger partial charge in [0.2, 0.25) is 0 Å². The summed E-state index contributed by atoms with van der Waals surface area (Å²) in [7, 11) is 7.12. The highest BCUT2D eigenvalue weighted by Gasteiger charge is 2.52. The van der Waals surface area contributed by atoms with E-state index in [0.29, 0.717) is 13.0 Å². The molecule has 0 radical (unpaired) electrons. The van der Waals surface area contributed by atoms with Crippen molar-refractivity contribution in [2.24, 2.45) is 17.8 Å². The maximum Gasteiger partial charge on any atom is 0.311 e. The average Bonchev–Trinajstić information content (AvgIpc) is 3.05. The molecule has 0 bridgehead atoms. The lowest BCUT2D eigenvalue weighted by Crippen LogP contribution is -2.60. The molecule has 3 aliphatic heterocycles. The summed E-state index contributed by atoms with van der Waals surface area (Å²) >= 11 is 0. The van der Waals surface area contributed by atoms with Crippen molar-refractivity contribution in [1.82, 2.24) is 9.80 Å². The van der Waals surface area contributed by atoms with Gasteiger partial charge in [0.25, 0.3) is 0 Å². The van der Waals surface area contributed by atoms with Crippen LogP contribution in [0.25, 0.3) is 0 Å². The Morgan fingerprint density at radius 3 is 2.12 bits per heavy atom. The van der Waals surface area contributed by atoms with Crippen molar-refractivity contribution in [1.29, 1.82) is 0 Å². The molecule has 0 aromatic heterocycles. The molecule has 5 N–H and O–H groups in total. The van der Waals surface area contributed by atoms with Crippen LogP contribution in [0, 0.1) is 17.8 Å². The van der Waals surface area contributed by atoms with Crippen LogP contribution in [0.5, 0.6) is 0 Å². The average molecular weight is 749 g/mol. The lowest BCUT2D eigenvalue weighted by Gasteiger charge is -2.48. The molecular formula is C38H72N2O12. The fourth-order valence-electron chi connectivity index (χ4n) is 8.74. The molecule has 9 unspecified atom stereocenters. The summed E-state index contributed by atoms with van der Waals surface area (Å²) < 4.78 is 37.5. The minimum Gasteiger partial charge on any atom is -0.459 e.